The van der Waals surface area contributed by atoms with Gasteiger partial charge >= 0.3 is 0 Å². The van der Waals surface area contributed by atoms with Crippen molar-refractivity contribution in [3.8, 4) is 45.1 Å². The molecule has 0 saturated heterocycles. The van der Waals surface area contributed by atoms with Crippen LogP contribution in [-0.2, 0) is 5.41 Å². The van der Waals surface area contributed by atoms with Gasteiger partial charge in [0.2, 0.25) is 5.95 Å². The topological polar surface area (TPSA) is 35.6 Å². The van der Waals surface area contributed by atoms with E-state index < -0.39 is 0 Å². The van der Waals surface area contributed by atoms with Gasteiger partial charge in [-0.05, 0) is 116 Å². The van der Waals surface area contributed by atoms with Gasteiger partial charge in [0.1, 0.15) is 0 Å². The third-order valence-electron chi connectivity index (χ3n) is 14.3. The fraction of sp³-hybridized carbons (Fsp3) is 0.0492. The van der Waals surface area contributed by atoms with Crippen molar-refractivity contribution in [1.29, 1.82) is 0 Å². The molecular formula is C61H40N4. The molecule has 1 aliphatic carbocycles. The summed E-state index contributed by atoms with van der Waals surface area (Å²) in [5, 5.41) is 10.8. The lowest BCUT2D eigenvalue weighted by Crippen LogP contribution is -2.15. The fourth-order valence-corrected chi connectivity index (χ4v) is 11.2. The van der Waals surface area contributed by atoms with E-state index in [4.69, 9.17) is 9.97 Å². The van der Waals surface area contributed by atoms with E-state index in [0.717, 1.165) is 38.9 Å². The number of aromatic nitrogens is 4. The molecule has 3 heterocycles. The van der Waals surface area contributed by atoms with E-state index in [9.17, 15) is 0 Å². The van der Waals surface area contributed by atoms with Gasteiger partial charge in [-0.1, -0.05) is 153 Å². The summed E-state index contributed by atoms with van der Waals surface area (Å²) in [7, 11) is 0. The number of rotatable bonds is 4. The van der Waals surface area contributed by atoms with Gasteiger partial charge in [-0.25, -0.2) is 9.97 Å². The maximum absolute atomic E-state index is 5.48. The summed E-state index contributed by atoms with van der Waals surface area (Å²) in [6.45, 7) is 4.75. The van der Waals surface area contributed by atoms with Gasteiger partial charge in [-0.2, -0.15) is 0 Å². The molecule has 4 heteroatoms. The van der Waals surface area contributed by atoms with Crippen LogP contribution < -0.4 is 0 Å². The molecule has 65 heavy (non-hydrogen) atoms. The average Bonchev–Trinajstić information content (AvgIpc) is 3.94. The van der Waals surface area contributed by atoms with E-state index in [-0.39, 0.29) is 5.41 Å². The molecular weight excluding hydrogens is 789 g/mol. The Hall–Kier alpha value is -8.34. The van der Waals surface area contributed by atoms with Gasteiger partial charge in [0.15, 0.2) is 0 Å². The van der Waals surface area contributed by atoms with Gasteiger partial charge in [-0.3, -0.25) is 4.57 Å². The minimum atomic E-state index is -0.220. The van der Waals surface area contributed by atoms with Crippen molar-refractivity contribution in [1.82, 2.24) is 19.1 Å². The van der Waals surface area contributed by atoms with Gasteiger partial charge in [0, 0.05) is 49.0 Å². The second kappa shape index (κ2) is 13.3. The summed E-state index contributed by atoms with van der Waals surface area (Å²) in [6, 6.07) is 75.3. The average molecular weight is 829 g/mol. The van der Waals surface area contributed by atoms with Crippen LogP contribution in [0, 0.1) is 0 Å². The molecule has 0 amide bonds. The number of benzene rings is 10. The highest BCUT2D eigenvalue weighted by atomic mass is 15.2. The Kier molecular flexibility index (Phi) is 7.42. The van der Waals surface area contributed by atoms with E-state index in [1.807, 2.05) is 0 Å². The number of nitrogens with zero attached hydrogens (tertiary/aromatic N) is 4. The molecule has 14 rings (SSSR count). The van der Waals surface area contributed by atoms with Crippen LogP contribution in [0.1, 0.15) is 25.0 Å². The molecule has 0 bridgehead atoms. The van der Waals surface area contributed by atoms with Crippen molar-refractivity contribution in [3.63, 3.8) is 0 Å². The van der Waals surface area contributed by atoms with Crippen LogP contribution in [0.15, 0.2) is 206 Å². The van der Waals surface area contributed by atoms with Crippen LogP contribution in [0.25, 0.3) is 121 Å². The molecule has 304 valence electrons. The number of fused-ring (bicyclic) bond motifs is 13. The monoisotopic (exact) mass is 828 g/mol. The first-order valence-corrected chi connectivity index (χ1v) is 22.5. The van der Waals surface area contributed by atoms with E-state index >= 15 is 0 Å². The molecule has 3 aromatic heterocycles. The van der Waals surface area contributed by atoms with Crippen molar-refractivity contribution >= 4 is 76.1 Å². The molecule has 4 nitrogen and oxygen atoms in total. The molecule has 0 saturated carbocycles. The highest BCUT2D eigenvalue weighted by Crippen LogP contribution is 2.52. The van der Waals surface area contributed by atoms with Gasteiger partial charge < -0.3 is 4.57 Å². The van der Waals surface area contributed by atoms with Crippen LogP contribution in [0.3, 0.4) is 0 Å². The van der Waals surface area contributed by atoms with Crippen molar-refractivity contribution in [2.45, 2.75) is 19.3 Å². The Morgan fingerprint density at radius 2 is 0.969 bits per heavy atom. The lowest BCUT2D eigenvalue weighted by atomic mass is 9.81. The third kappa shape index (κ3) is 5.14. The fourth-order valence-electron chi connectivity index (χ4n) is 11.2. The molecule has 0 N–H and O–H groups in total. The quantitative estimate of drug-likeness (QED) is 0.177. The maximum atomic E-state index is 5.48. The van der Waals surface area contributed by atoms with E-state index in [1.165, 1.54) is 87.5 Å². The predicted octanol–water partition coefficient (Wildman–Crippen LogP) is 15.8. The first-order chi connectivity index (χ1) is 32.0. The Bertz CT molecular complexity index is 4140. The minimum absolute atomic E-state index is 0.220. The molecule has 10 aromatic carbocycles. The number of para-hydroxylation sites is 3. The van der Waals surface area contributed by atoms with E-state index in [0.29, 0.717) is 5.95 Å². The van der Waals surface area contributed by atoms with Crippen LogP contribution in [0.5, 0.6) is 0 Å². The van der Waals surface area contributed by atoms with Crippen molar-refractivity contribution < 1.29 is 0 Å². The molecule has 13 aromatic rings. The zero-order valence-corrected chi connectivity index (χ0v) is 35.9. The maximum Gasteiger partial charge on any atom is 0.235 e. The SMILES string of the molecule is CC1(C)c2cc3ccccc3cc2-c2cc3c4cc(-c5cc6c7ccccc7n(-c7ccccc7)c6c6ccccc56)ccc4n(-c4nc(-c5ccccc5)c5ccccc5n4)c3cc21. The minimum Gasteiger partial charge on any atom is -0.309 e. The molecule has 0 fully saturated rings. The second-order valence-corrected chi connectivity index (χ2v) is 18.2. The lowest BCUT2D eigenvalue weighted by molar-refractivity contribution is 0.661. The molecule has 0 aliphatic heterocycles. The van der Waals surface area contributed by atoms with Gasteiger partial charge in [-0.15, -0.1) is 0 Å². The summed E-state index contributed by atoms with van der Waals surface area (Å²) in [6.07, 6.45) is 0. The lowest BCUT2D eigenvalue weighted by Gasteiger charge is -2.22. The number of hydrogen-bond donors (Lipinski definition) is 0. The van der Waals surface area contributed by atoms with E-state index in [2.05, 4.69) is 229 Å². The Morgan fingerprint density at radius 1 is 0.369 bits per heavy atom. The number of hydrogen-bond acceptors (Lipinski definition) is 2. The Balaban J connectivity index is 1.08. The summed E-state index contributed by atoms with van der Waals surface area (Å²) >= 11 is 0. The van der Waals surface area contributed by atoms with Crippen molar-refractivity contribution in [3.05, 3.63) is 217 Å². The zero-order valence-electron chi connectivity index (χ0n) is 35.9. The van der Waals surface area contributed by atoms with Crippen LogP contribution >= 0.6 is 0 Å². The molecule has 0 radical (unpaired) electrons. The summed E-state index contributed by atoms with van der Waals surface area (Å²) in [5.74, 6) is 0.662. The second-order valence-electron chi connectivity index (χ2n) is 18.2. The smallest absolute Gasteiger partial charge is 0.235 e. The summed E-state index contributed by atoms with van der Waals surface area (Å²) in [4.78, 5) is 10.9. The van der Waals surface area contributed by atoms with Crippen LogP contribution in [0.4, 0.5) is 0 Å². The van der Waals surface area contributed by atoms with Crippen LogP contribution in [-0.4, -0.2) is 19.1 Å². The first kappa shape index (κ1) is 36.2. The summed E-state index contributed by atoms with van der Waals surface area (Å²) < 4.78 is 4.75. The molecule has 0 spiro atoms. The first-order valence-electron chi connectivity index (χ1n) is 22.5. The van der Waals surface area contributed by atoms with E-state index in [1.54, 1.807) is 0 Å². The standard InChI is InChI=1S/C61H40N4/c1-61(2)52-33-39-20-10-9-19-38(39)31-47(52)48-35-50-49-32-40(46-34-51-43-24-14-16-28-55(43)64(41-21-7-4-8-22-41)59(51)44-25-12-11-23-42(44)46)29-30-56(49)65(57(50)36-53(48)61)60-62-54-27-15-13-26-45(54)58(63-60)37-17-5-3-6-18-37/h3-36H,1-2H3. The largest absolute Gasteiger partial charge is 0.309 e. The predicted molar refractivity (Wildman–Crippen MR) is 272 cm³/mol. The summed E-state index contributed by atoms with van der Waals surface area (Å²) in [5.41, 5.74) is 16.1. The van der Waals surface area contributed by atoms with Gasteiger partial charge in [0.25, 0.3) is 0 Å². The van der Waals surface area contributed by atoms with Crippen LogP contribution in [0.2, 0.25) is 0 Å². The highest BCUT2D eigenvalue weighted by molar-refractivity contribution is 6.23. The van der Waals surface area contributed by atoms with Gasteiger partial charge in [0.05, 0.1) is 33.3 Å². The normalized spacial score (nSPS) is 13.2. The Morgan fingerprint density at radius 3 is 1.78 bits per heavy atom. The Labute approximate surface area is 375 Å². The van der Waals surface area contributed by atoms with Crippen molar-refractivity contribution in [2.75, 3.05) is 0 Å². The van der Waals surface area contributed by atoms with Crippen molar-refractivity contribution in [2.24, 2.45) is 0 Å². The molecule has 0 atom stereocenters. The third-order valence-corrected chi connectivity index (χ3v) is 14.3. The molecule has 1 aliphatic rings. The molecule has 0 unspecified atom stereocenters. The highest BCUT2D eigenvalue weighted by Gasteiger charge is 2.37. The zero-order chi connectivity index (χ0) is 43.0.